The minimum absolute atomic E-state index is 0.105. The number of pyridine rings is 1. The van der Waals surface area contributed by atoms with E-state index >= 15 is 0 Å². The van der Waals surface area contributed by atoms with Crippen molar-refractivity contribution in [2.75, 3.05) is 23.8 Å². The quantitative estimate of drug-likeness (QED) is 0.106. The predicted octanol–water partition coefficient (Wildman–Crippen LogP) is 6.26. The van der Waals surface area contributed by atoms with Gasteiger partial charge in [-0.1, -0.05) is 48.0 Å². The molecule has 10 nitrogen and oxygen atoms in total. The van der Waals surface area contributed by atoms with Crippen molar-refractivity contribution in [1.82, 2.24) is 9.71 Å². The first-order valence-corrected chi connectivity index (χ1v) is 16.3. The lowest BCUT2D eigenvalue weighted by molar-refractivity contribution is -0.139. The van der Waals surface area contributed by atoms with Gasteiger partial charge in [0.2, 0.25) is 10.0 Å². The molecule has 0 radical (unpaired) electrons. The van der Waals surface area contributed by atoms with E-state index in [1.165, 1.54) is 24.3 Å². The maximum absolute atomic E-state index is 12.6. The lowest BCUT2D eigenvalue weighted by Crippen LogP contribution is -2.26. The van der Waals surface area contributed by atoms with Crippen molar-refractivity contribution in [3.8, 4) is 11.5 Å². The van der Waals surface area contributed by atoms with Gasteiger partial charge in [0.1, 0.15) is 18.1 Å². The molecule has 0 saturated carbocycles. The molecule has 236 valence electrons. The van der Waals surface area contributed by atoms with Crippen molar-refractivity contribution in [2.45, 2.75) is 17.9 Å². The van der Waals surface area contributed by atoms with Crippen molar-refractivity contribution in [2.24, 2.45) is 0 Å². The summed E-state index contributed by atoms with van der Waals surface area (Å²) in [7, 11) is -3.73. The highest BCUT2D eigenvalue weighted by molar-refractivity contribution is 7.89. The first-order valence-electron chi connectivity index (χ1n) is 14.0. The third-order valence-corrected chi connectivity index (χ3v) is 8.54. The molecule has 0 unspecified atom stereocenters. The van der Waals surface area contributed by atoms with Crippen molar-refractivity contribution in [3.63, 3.8) is 0 Å². The molecule has 4 N–H and O–H groups in total. The summed E-state index contributed by atoms with van der Waals surface area (Å²) in [6, 6.07) is 30.0. The van der Waals surface area contributed by atoms with Crippen LogP contribution in [0.4, 0.5) is 11.4 Å². The van der Waals surface area contributed by atoms with Gasteiger partial charge in [-0.05, 0) is 84.9 Å². The van der Waals surface area contributed by atoms with Crippen LogP contribution in [-0.2, 0) is 27.8 Å². The summed E-state index contributed by atoms with van der Waals surface area (Å²) >= 11 is 11.4. The fourth-order valence-corrected chi connectivity index (χ4v) is 5.80. The zero-order valence-electron chi connectivity index (χ0n) is 24.3. The van der Waals surface area contributed by atoms with Crippen LogP contribution in [0.5, 0.6) is 11.5 Å². The number of aromatic nitrogens is 1. The Balaban J connectivity index is 1.21. The van der Waals surface area contributed by atoms with Crippen LogP contribution in [0, 0.1) is 0 Å². The van der Waals surface area contributed by atoms with Crippen LogP contribution in [0.2, 0.25) is 5.02 Å². The smallest absolute Gasteiger partial charge is 0.341 e. The summed E-state index contributed by atoms with van der Waals surface area (Å²) in [6.07, 6.45) is 0.340. The SMILES string of the molecule is O=C(O)COc1ccc(CCNS(=O)(=O)c2ccc(Cl)cc2)cc1NC(=S)Nc1cccc(OCc2ccc3ccccc3n2)c1. The summed E-state index contributed by atoms with van der Waals surface area (Å²) in [4.78, 5) is 15.9. The Kier molecular flexibility index (Phi) is 10.7. The summed E-state index contributed by atoms with van der Waals surface area (Å²) in [6.45, 7) is -0.158. The van der Waals surface area contributed by atoms with Crippen molar-refractivity contribution >= 4 is 67.2 Å². The van der Waals surface area contributed by atoms with E-state index in [1.807, 2.05) is 54.6 Å². The Morgan fingerprint density at radius 1 is 0.891 bits per heavy atom. The fraction of sp³-hybridized carbons (Fsp3) is 0.121. The summed E-state index contributed by atoms with van der Waals surface area (Å²) < 4.78 is 39.2. The van der Waals surface area contributed by atoms with Crippen LogP contribution in [0.25, 0.3) is 10.9 Å². The van der Waals surface area contributed by atoms with E-state index in [4.69, 9.17) is 38.4 Å². The molecule has 0 spiro atoms. The van der Waals surface area contributed by atoms with Gasteiger partial charge in [-0.25, -0.2) is 22.9 Å². The summed E-state index contributed by atoms with van der Waals surface area (Å²) in [5.41, 5.74) is 3.50. The fourth-order valence-electron chi connectivity index (χ4n) is 4.42. The van der Waals surface area contributed by atoms with Crippen molar-refractivity contribution in [3.05, 3.63) is 119 Å². The second-order valence-electron chi connectivity index (χ2n) is 10.0. The van der Waals surface area contributed by atoms with E-state index in [-0.39, 0.29) is 28.9 Å². The normalized spacial score (nSPS) is 11.2. The largest absolute Gasteiger partial charge is 0.487 e. The monoisotopic (exact) mass is 676 g/mol. The van der Waals surface area contributed by atoms with Gasteiger partial charge < -0.3 is 25.2 Å². The number of ether oxygens (including phenoxy) is 2. The number of benzene rings is 4. The number of thiocarbonyl (C=S) groups is 1. The Labute approximate surface area is 276 Å². The minimum atomic E-state index is -3.73. The Morgan fingerprint density at radius 3 is 2.50 bits per heavy atom. The number of carboxylic acid groups (broad SMARTS) is 1. The number of nitrogens with zero attached hydrogens (tertiary/aromatic N) is 1. The van der Waals surface area contributed by atoms with E-state index in [0.717, 1.165) is 22.2 Å². The van der Waals surface area contributed by atoms with Gasteiger partial charge in [-0.15, -0.1) is 0 Å². The van der Waals surface area contributed by atoms with Crippen LogP contribution in [0.1, 0.15) is 11.3 Å². The third kappa shape index (κ3) is 9.14. The van der Waals surface area contributed by atoms with Gasteiger partial charge in [-0.3, -0.25) is 0 Å². The molecule has 0 saturated heterocycles. The number of halogens is 1. The van der Waals surface area contributed by atoms with Crippen LogP contribution >= 0.6 is 23.8 Å². The highest BCUT2D eigenvalue weighted by atomic mass is 35.5. The number of carbonyl (C=O) groups is 1. The number of nitrogens with one attached hydrogen (secondary N) is 3. The molecule has 0 aliphatic rings. The predicted molar refractivity (Wildman–Crippen MR) is 182 cm³/mol. The Bertz CT molecular complexity index is 1970. The average Bonchev–Trinajstić information content (AvgIpc) is 3.03. The molecule has 0 aliphatic carbocycles. The Hall–Kier alpha value is -4.75. The third-order valence-electron chi connectivity index (χ3n) is 6.61. The Morgan fingerprint density at radius 2 is 1.70 bits per heavy atom. The number of carboxylic acids is 1. The summed E-state index contributed by atoms with van der Waals surface area (Å²) in [5, 5.41) is 17.0. The highest BCUT2D eigenvalue weighted by Gasteiger charge is 2.14. The maximum Gasteiger partial charge on any atom is 0.341 e. The number of para-hydroxylation sites is 1. The molecule has 13 heteroatoms. The maximum atomic E-state index is 12.6. The molecule has 5 aromatic rings. The lowest BCUT2D eigenvalue weighted by Gasteiger charge is -2.16. The van der Waals surface area contributed by atoms with Gasteiger partial charge in [0.25, 0.3) is 0 Å². The topological polar surface area (TPSA) is 139 Å². The molecule has 0 amide bonds. The lowest BCUT2D eigenvalue weighted by atomic mass is 10.1. The zero-order valence-corrected chi connectivity index (χ0v) is 26.7. The first-order chi connectivity index (χ1) is 22.1. The molecule has 1 aromatic heterocycles. The van der Waals surface area contributed by atoms with Gasteiger partial charge in [0, 0.05) is 28.7 Å². The molecular formula is C33H29ClN4O6S2. The van der Waals surface area contributed by atoms with Crippen LogP contribution < -0.4 is 24.8 Å². The number of hydrogen-bond donors (Lipinski definition) is 4. The molecule has 5 rings (SSSR count). The second-order valence-corrected chi connectivity index (χ2v) is 12.6. The van der Waals surface area contributed by atoms with Gasteiger partial charge in [-0.2, -0.15) is 0 Å². The molecule has 0 fully saturated rings. The standard InChI is InChI=1S/C33H29ClN4O6S2/c34-24-10-13-28(14-11-24)46(41,42)35-17-16-22-8-15-31(44-21-32(39)40)30(18-22)38-33(45)37-25-5-3-6-27(19-25)43-20-26-12-9-23-4-1-2-7-29(23)36-26/h1-15,18-19,35H,16-17,20-21H2,(H,39,40)(H2,37,38,45). The minimum Gasteiger partial charge on any atom is -0.487 e. The van der Waals surface area contributed by atoms with Crippen molar-refractivity contribution in [1.29, 1.82) is 0 Å². The molecule has 46 heavy (non-hydrogen) atoms. The molecule has 1 heterocycles. The highest BCUT2D eigenvalue weighted by Crippen LogP contribution is 2.27. The van der Waals surface area contributed by atoms with E-state index in [0.29, 0.717) is 28.6 Å². The van der Waals surface area contributed by atoms with E-state index < -0.39 is 22.6 Å². The van der Waals surface area contributed by atoms with Crippen molar-refractivity contribution < 1.29 is 27.8 Å². The molecule has 4 aromatic carbocycles. The number of sulfonamides is 1. The molecule has 0 atom stereocenters. The molecular weight excluding hydrogens is 648 g/mol. The second kappa shape index (κ2) is 15.0. The first kappa shape index (κ1) is 32.6. The zero-order chi connectivity index (χ0) is 32.5. The van der Waals surface area contributed by atoms with Crippen LogP contribution in [0.3, 0.4) is 0 Å². The van der Waals surface area contributed by atoms with E-state index in [9.17, 15) is 13.2 Å². The van der Waals surface area contributed by atoms with Crippen LogP contribution in [-0.4, -0.2) is 42.7 Å². The number of anilines is 2. The van der Waals surface area contributed by atoms with Gasteiger partial charge >= 0.3 is 5.97 Å². The number of rotatable bonds is 13. The number of fused-ring (bicyclic) bond motifs is 1. The summed E-state index contributed by atoms with van der Waals surface area (Å²) in [5.74, 6) is -0.267. The average molecular weight is 677 g/mol. The molecule has 0 bridgehead atoms. The van der Waals surface area contributed by atoms with Crippen LogP contribution in [0.15, 0.2) is 108 Å². The van der Waals surface area contributed by atoms with Gasteiger partial charge in [0.05, 0.1) is 21.8 Å². The molecule has 0 aliphatic heterocycles. The van der Waals surface area contributed by atoms with Gasteiger partial charge in [0.15, 0.2) is 11.7 Å². The number of hydrogen-bond acceptors (Lipinski definition) is 7. The van der Waals surface area contributed by atoms with E-state index in [1.54, 1.807) is 24.3 Å². The van der Waals surface area contributed by atoms with E-state index in [2.05, 4.69) is 20.3 Å². The number of aliphatic carboxylic acids is 1.